The summed E-state index contributed by atoms with van der Waals surface area (Å²) in [5.74, 6) is -0.355. The van der Waals surface area contributed by atoms with Crippen molar-refractivity contribution in [3.63, 3.8) is 0 Å². The highest BCUT2D eigenvalue weighted by Crippen LogP contribution is 2.28. The number of nitrogens with one attached hydrogen (secondary N) is 1. The molecule has 25 heavy (non-hydrogen) atoms. The molecule has 0 bridgehead atoms. The molecular formula is C17H13BrFN3OS2. The SMILES string of the molecule is CSc1nc(-c2cccs2)nc(C)c1C(=O)Nc1ccc(Br)cc1F. The van der Waals surface area contributed by atoms with E-state index in [-0.39, 0.29) is 5.69 Å². The Balaban J connectivity index is 1.97. The fraction of sp³-hybridized carbons (Fsp3) is 0.118. The fourth-order valence-electron chi connectivity index (χ4n) is 2.25. The monoisotopic (exact) mass is 437 g/mol. The van der Waals surface area contributed by atoms with E-state index in [2.05, 4.69) is 31.2 Å². The number of aryl methyl sites for hydroxylation is 1. The molecule has 3 rings (SSSR count). The Hall–Kier alpha value is -1.77. The molecule has 1 N–H and O–H groups in total. The van der Waals surface area contributed by atoms with Crippen LogP contribution in [0.4, 0.5) is 10.1 Å². The van der Waals surface area contributed by atoms with Crippen LogP contribution in [0.5, 0.6) is 0 Å². The van der Waals surface area contributed by atoms with Crippen LogP contribution in [0.15, 0.2) is 45.2 Å². The molecule has 0 aliphatic heterocycles. The first-order chi connectivity index (χ1) is 12.0. The number of thiophene rings is 1. The van der Waals surface area contributed by atoms with E-state index in [4.69, 9.17) is 0 Å². The lowest BCUT2D eigenvalue weighted by molar-refractivity contribution is 0.102. The van der Waals surface area contributed by atoms with Crippen LogP contribution in [-0.4, -0.2) is 22.1 Å². The summed E-state index contributed by atoms with van der Waals surface area (Å²) in [6, 6.07) is 8.33. The second kappa shape index (κ2) is 7.63. The minimum absolute atomic E-state index is 0.113. The molecule has 2 heterocycles. The van der Waals surface area contributed by atoms with E-state index in [1.165, 1.54) is 35.2 Å². The number of hydrogen-bond donors (Lipinski definition) is 1. The van der Waals surface area contributed by atoms with Crippen molar-refractivity contribution in [1.29, 1.82) is 0 Å². The van der Waals surface area contributed by atoms with Gasteiger partial charge in [-0.15, -0.1) is 23.1 Å². The highest BCUT2D eigenvalue weighted by molar-refractivity contribution is 9.10. The van der Waals surface area contributed by atoms with E-state index in [0.29, 0.717) is 26.6 Å². The second-order valence-corrected chi connectivity index (χ2v) is 7.73. The first-order valence-corrected chi connectivity index (χ1v) is 10.1. The lowest BCUT2D eigenvalue weighted by Gasteiger charge is -2.12. The predicted molar refractivity (Wildman–Crippen MR) is 104 cm³/mol. The predicted octanol–water partition coefficient (Wildman–Crippen LogP) is 5.39. The van der Waals surface area contributed by atoms with Gasteiger partial charge in [0.1, 0.15) is 10.8 Å². The molecule has 0 aliphatic carbocycles. The number of carbonyl (C=O) groups is 1. The molecule has 0 saturated carbocycles. The Labute approximate surface area is 161 Å². The fourth-order valence-corrected chi connectivity index (χ4v) is 3.86. The summed E-state index contributed by atoms with van der Waals surface area (Å²) < 4.78 is 14.6. The molecular weight excluding hydrogens is 425 g/mol. The summed E-state index contributed by atoms with van der Waals surface area (Å²) in [7, 11) is 0. The van der Waals surface area contributed by atoms with Crippen molar-refractivity contribution < 1.29 is 9.18 Å². The zero-order valence-electron chi connectivity index (χ0n) is 13.3. The van der Waals surface area contributed by atoms with Crippen molar-refractivity contribution in [2.24, 2.45) is 0 Å². The van der Waals surface area contributed by atoms with Crippen molar-refractivity contribution in [2.75, 3.05) is 11.6 Å². The number of halogens is 2. The molecule has 8 heteroatoms. The third-order valence-corrected chi connectivity index (χ3v) is 5.44. The van der Waals surface area contributed by atoms with Crippen LogP contribution in [0.3, 0.4) is 0 Å². The van der Waals surface area contributed by atoms with Gasteiger partial charge in [0, 0.05) is 4.47 Å². The van der Waals surface area contributed by atoms with Crippen LogP contribution in [0.1, 0.15) is 16.1 Å². The van der Waals surface area contributed by atoms with Crippen molar-refractivity contribution in [1.82, 2.24) is 9.97 Å². The second-order valence-electron chi connectivity index (χ2n) is 5.07. The Bertz CT molecular complexity index is 932. The molecule has 0 spiro atoms. The van der Waals surface area contributed by atoms with Crippen molar-refractivity contribution in [2.45, 2.75) is 11.9 Å². The Kier molecular flexibility index (Phi) is 5.51. The van der Waals surface area contributed by atoms with Gasteiger partial charge in [-0.3, -0.25) is 4.79 Å². The largest absolute Gasteiger partial charge is 0.319 e. The lowest BCUT2D eigenvalue weighted by Crippen LogP contribution is -2.17. The number of amides is 1. The molecule has 0 atom stereocenters. The number of aromatic nitrogens is 2. The smallest absolute Gasteiger partial charge is 0.260 e. The van der Waals surface area contributed by atoms with Crippen molar-refractivity contribution in [3.8, 4) is 10.7 Å². The summed E-state index contributed by atoms with van der Waals surface area (Å²) >= 11 is 6.09. The van der Waals surface area contributed by atoms with Crippen LogP contribution in [-0.2, 0) is 0 Å². The molecule has 1 aromatic carbocycles. The summed E-state index contributed by atoms with van der Waals surface area (Å²) in [6.07, 6.45) is 1.84. The molecule has 128 valence electrons. The molecule has 1 amide bonds. The minimum Gasteiger partial charge on any atom is -0.319 e. The molecule has 0 radical (unpaired) electrons. The first kappa shape index (κ1) is 18.0. The molecule has 4 nitrogen and oxygen atoms in total. The van der Waals surface area contributed by atoms with E-state index in [9.17, 15) is 9.18 Å². The third kappa shape index (κ3) is 3.91. The summed E-state index contributed by atoms with van der Waals surface area (Å²) in [5.41, 5.74) is 1.02. The minimum atomic E-state index is -0.512. The number of nitrogens with zero attached hydrogens (tertiary/aromatic N) is 2. The Morgan fingerprint density at radius 1 is 1.32 bits per heavy atom. The van der Waals surface area contributed by atoms with Crippen molar-refractivity contribution in [3.05, 3.63) is 57.3 Å². The van der Waals surface area contributed by atoms with Gasteiger partial charge in [0.15, 0.2) is 5.82 Å². The maximum absolute atomic E-state index is 14.0. The van der Waals surface area contributed by atoms with E-state index in [1.807, 2.05) is 23.8 Å². The van der Waals surface area contributed by atoms with Crippen LogP contribution in [0.2, 0.25) is 0 Å². The quantitative estimate of drug-likeness (QED) is 0.439. The molecule has 0 fully saturated rings. The van der Waals surface area contributed by atoms with Gasteiger partial charge in [0.2, 0.25) is 0 Å². The van der Waals surface area contributed by atoms with Gasteiger partial charge in [-0.2, -0.15) is 0 Å². The molecule has 0 aliphatic rings. The Morgan fingerprint density at radius 3 is 2.76 bits per heavy atom. The molecule has 2 aromatic heterocycles. The van der Waals surface area contributed by atoms with E-state index >= 15 is 0 Å². The highest BCUT2D eigenvalue weighted by Gasteiger charge is 2.20. The number of carbonyl (C=O) groups excluding carboxylic acids is 1. The van der Waals surface area contributed by atoms with Crippen LogP contribution < -0.4 is 5.32 Å². The van der Waals surface area contributed by atoms with Crippen LogP contribution in [0.25, 0.3) is 10.7 Å². The number of rotatable bonds is 4. The maximum atomic E-state index is 14.0. The van der Waals surface area contributed by atoms with Crippen LogP contribution in [0, 0.1) is 12.7 Å². The van der Waals surface area contributed by atoms with Gasteiger partial charge in [0.05, 0.1) is 21.8 Å². The average molecular weight is 438 g/mol. The topological polar surface area (TPSA) is 54.9 Å². The van der Waals surface area contributed by atoms with Gasteiger partial charge >= 0.3 is 0 Å². The maximum Gasteiger partial charge on any atom is 0.260 e. The first-order valence-electron chi connectivity index (χ1n) is 7.22. The van der Waals surface area contributed by atoms with Gasteiger partial charge in [-0.25, -0.2) is 14.4 Å². The lowest BCUT2D eigenvalue weighted by atomic mass is 10.2. The molecule has 0 saturated heterocycles. The molecule has 0 unspecified atom stereocenters. The van der Waals surface area contributed by atoms with Crippen molar-refractivity contribution >= 4 is 50.6 Å². The third-order valence-electron chi connectivity index (χ3n) is 3.40. The number of thioether (sulfide) groups is 1. The number of hydrogen-bond acceptors (Lipinski definition) is 5. The van der Waals surface area contributed by atoms with Gasteiger partial charge < -0.3 is 5.32 Å². The normalized spacial score (nSPS) is 10.7. The van der Waals surface area contributed by atoms with E-state index in [1.54, 1.807) is 13.0 Å². The highest BCUT2D eigenvalue weighted by atomic mass is 79.9. The number of benzene rings is 1. The average Bonchev–Trinajstić information content (AvgIpc) is 3.11. The summed E-state index contributed by atoms with van der Waals surface area (Å²) in [6.45, 7) is 1.76. The van der Waals surface area contributed by atoms with Gasteiger partial charge in [0.25, 0.3) is 5.91 Å². The van der Waals surface area contributed by atoms with E-state index < -0.39 is 11.7 Å². The van der Waals surface area contributed by atoms with Gasteiger partial charge in [-0.1, -0.05) is 22.0 Å². The van der Waals surface area contributed by atoms with E-state index in [0.717, 1.165) is 4.88 Å². The zero-order valence-corrected chi connectivity index (χ0v) is 16.6. The summed E-state index contributed by atoms with van der Waals surface area (Å²) in [4.78, 5) is 22.5. The van der Waals surface area contributed by atoms with Crippen LogP contribution >= 0.6 is 39.0 Å². The zero-order chi connectivity index (χ0) is 18.0. The standard InChI is InChI=1S/C17H13BrFN3OS2/c1-9-14(16(23)21-12-6-5-10(18)8-11(12)19)17(24-2)22-15(20-9)13-4-3-7-25-13/h3-8H,1-2H3,(H,21,23). The summed E-state index contributed by atoms with van der Waals surface area (Å²) in [5, 5.41) is 5.11. The molecule has 3 aromatic rings. The van der Waals surface area contributed by atoms with Gasteiger partial charge in [-0.05, 0) is 42.8 Å². The number of anilines is 1. The Morgan fingerprint density at radius 2 is 2.12 bits per heavy atom.